The molecule has 9 aromatic rings. The molecule has 0 amide bonds. The van der Waals surface area contributed by atoms with Crippen LogP contribution in [-0.4, -0.2) is 19.6 Å². The fourth-order valence-corrected chi connectivity index (χ4v) is 9.03. The molecule has 340 valence electrons. The zero-order valence-electron chi connectivity index (χ0n) is 40.6. The van der Waals surface area contributed by atoms with E-state index in [0.29, 0.717) is 11.4 Å². The van der Waals surface area contributed by atoms with Crippen LogP contribution in [0.25, 0.3) is 83.9 Å². The summed E-state index contributed by atoms with van der Waals surface area (Å²) in [5, 5.41) is 12.5. The molecule has 9 rings (SSSR count). The van der Waals surface area contributed by atoms with Gasteiger partial charge < -0.3 is 5.11 Å². The molecule has 0 bridgehead atoms. The van der Waals surface area contributed by atoms with Crippen LogP contribution in [0.1, 0.15) is 90.1 Å². The first-order chi connectivity index (χ1) is 31.3. The van der Waals surface area contributed by atoms with Crippen LogP contribution in [0.5, 0.6) is 5.75 Å². The number of hydrogen-bond donors (Lipinski definition) is 1. The summed E-state index contributed by atoms with van der Waals surface area (Å²) >= 11 is 0. The number of aromatic nitrogens is 3. The Morgan fingerprint density at radius 1 is 0.507 bits per heavy atom. The van der Waals surface area contributed by atoms with Crippen molar-refractivity contribution in [3.05, 3.63) is 192 Å². The van der Waals surface area contributed by atoms with Crippen molar-refractivity contribution >= 4 is 11.0 Å². The van der Waals surface area contributed by atoms with Gasteiger partial charge in [-0.05, 0) is 110 Å². The van der Waals surface area contributed by atoms with E-state index in [1.165, 1.54) is 16.7 Å². The van der Waals surface area contributed by atoms with E-state index in [9.17, 15) is 5.11 Å². The van der Waals surface area contributed by atoms with Gasteiger partial charge in [0.15, 0.2) is 0 Å². The average molecular weight is 1060 g/mol. The predicted octanol–water partition coefficient (Wildman–Crippen LogP) is 16.4. The van der Waals surface area contributed by atoms with E-state index in [-0.39, 0.29) is 43.1 Å². The molecule has 7 aromatic carbocycles. The van der Waals surface area contributed by atoms with Crippen molar-refractivity contribution in [3.8, 4) is 78.6 Å². The molecule has 1 N–H and O–H groups in total. The van der Waals surface area contributed by atoms with Crippen LogP contribution in [0.4, 0.5) is 0 Å². The molecule has 0 atom stereocenters. The van der Waals surface area contributed by atoms with Crippen molar-refractivity contribution in [2.45, 2.75) is 92.4 Å². The third-order valence-electron chi connectivity index (χ3n) is 13.1. The normalized spacial score (nSPS) is 12.0. The van der Waals surface area contributed by atoms with E-state index in [1.807, 2.05) is 6.20 Å². The Labute approximate surface area is 412 Å². The Balaban J connectivity index is 0.00000608. The van der Waals surface area contributed by atoms with Gasteiger partial charge in [-0.3, -0.25) is 9.55 Å². The van der Waals surface area contributed by atoms with Gasteiger partial charge in [0, 0.05) is 44.2 Å². The quantitative estimate of drug-likeness (QED) is 0.162. The summed E-state index contributed by atoms with van der Waals surface area (Å²) in [6.07, 6.45) is 1.90. The molecule has 0 aliphatic rings. The van der Waals surface area contributed by atoms with Gasteiger partial charge in [-0.2, -0.15) is 0 Å². The van der Waals surface area contributed by atoms with E-state index in [1.54, 1.807) is 0 Å². The number of rotatable bonds is 7. The number of fused-ring (bicyclic) bond motifs is 1. The second-order valence-corrected chi connectivity index (χ2v) is 21.0. The van der Waals surface area contributed by atoms with Crippen LogP contribution in [0.3, 0.4) is 0 Å². The molecular formula is C62H60N3OPt-. The molecule has 4 nitrogen and oxygen atoms in total. The van der Waals surface area contributed by atoms with Crippen LogP contribution < -0.4 is 0 Å². The first-order valence-corrected chi connectivity index (χ1v) is 23.1. The van der Waals surface area contributed by atoms with Crippen LogP contribution in [0, 0.1) is 19.9 Å². The largest absolute Gasteiger partial charge is 0.507 e. The summed E-state index contributed by atoms with van der Waals surface area (Å²) < 4.78 is 2.25. The standard InChI is InChI=1S/C62H60N3O.Pt/c1-39-31-50(38-52(40(39)2)43-21-16-13-17-22-43)65-56-24-18-23-51(57(56)64-59(65)53-36-49(61(6,7)8)37-54(58(53)66)62(9,10)11)46-32-45(41-19-14-12-15-20-41)33-47(34-46)55-35-44(29-30-63-55)42-25-27-48(28-26-42)60(3,4)5;/h12-33,35-38,66H,1-11H3;/q-1;. The molecule has 0 saturated carbocycles. The maximum Gasteiger partial charge on any atom is 0.148 e. The number of imidazole rings is 1. The number of para-hydroxylation sites is 1. The number of benzene rings is 7. The van der Waals surface area contributed by atoms with Crippen LogP contribution in [-0.2, 0) is 37.3 Å². The molecule has 2 aromatic heterocycles. The van der Waals surface area contributed by atoms with E-state index < -0.39 is 0 Å². The third-order valence-corrected chi connectivity index (χ3v) is 13.1. The first kappa shape index (κ1) is 47.2. The van der Waals surface area contributed by atoms with Crippen molar-refractivity contribution in [1.29, 1.82) is 0 Å². The Hall–Kier alpha value is -6.35. The molecule has 0 spiro atoms. The maximum absolute atomic E-state index is 12.5. The minimum Gasteiger partial charge on any atom is -0.507 e. The molecule has 5 heteroatoms. The smallest absolute Gasteiger partial charge is 0.148 e. The topological polar surface area (TPSA) is 50.9 Å². The number of aromatic hydroxyl groups is 1. The van der Waals surface area contributed by atoms with Crippen molar-refractivity contribution in [1.82, 2.24) is 14.5 Å². The second kappa shape index (κ2) is 18.0. The molecule has 0 saturated heterocycles. The van der Waals surface area contributed by atoms with Crippen molar-refractivity contribution < 1.29 is 26.2 Å². The minimum atomic E-state index is -0.326. The molecule has 0 aliphatic carbocycles. The van der Waals surface area contributed by atoms with E-state index in [4.69, 9.17) is 9.97 Å². The Kier molecular flexibility index (Phi) is 12.7. The molecule has 67 heavy (non-hydrogen) atoms. The Morgan fingerprint density at radius 2 is 1.13 bits per heavy atom. The predicted molar refractivity (Wildman–Crippen MR) is 278 cm³/mol. The first-order valence-electron chi connectivity index (χ1n) is 23.1. The zero-order valence-corrected chi connectivity index (χ0v) is 42.9. The van der Waals surface area contributed by atoms with Crippen molar-refractivity contribution in [3.63, 3.8) is 0 Å². The van der Waals surface area contributed by atoms with Gasteiger partial charge in [0.2, 0.25) is 0 Å². The molecule has 0 unspecified atom stereocenters. The fraction of sp³-hybridized carbons (Fsp3) is 0.226. The SMILES string of the molecule is Cc1cc(-n2c(-c3cc(C(C)(C)C)cc(C(C)(C)C)c3O)nc3c(-c4[c-]c(-c5cc(-c6ccc(C(C)(C)C)cc6)ccn5)cc(-c5ccccc5)c4)cccc32)cc(-c2ccccc2)c1C.[Pt]. The minimum absolute atomic E-state index is 0. The summed E-state index contributed by atoms with van der Waals surface area (Å²) in [5.74, 6) is 0.930. The molecule has 2 heterocycles. The van der Waals surface area contributed by atoms with Gasteiger partial charge in [-0.25, -0.2) is 4.98 Å². The zero-order chi connectivity index (χ0) is 46.7. The van der Waals surface area contributed by atoms with Gasteiger partial charge in [0.25, 0.3) is 0 Å². The Bertz CT molecular complexity index is 3250. The molecule has 0 aliphatic heterocycles. The van der Waals surface area contributed by atoms with Gasteiger partial charge >= 0.3 is 0 Å². The number of nitrogens with zero attached hydrogens (tertiary/aromatic N) is 3. The average Bonchev–Trinajstić information content (AvgIpc) is 3.69. The van der Waals surface area contributed by atoms with Gasteiger partial charge in [-0.15, -0.1) is 23.8 Å². The van der Waals surface area contributed by atoms with Crippen molar-refractivity contribution in [2.75, 3.05) is 0 Å². The summed E-state index contributed by atoms with van der Waals surface area (Å²) in [4.78, 5) is 10.6. The van der Waals surface area contributed by atoms with Crippen LogP contribution in [0.15, 0.2) is 158 Å². The van der Waals surface area contributed by atoms with Gasteiger partial charge in [0.1, 0.15) is 11.6 Å². The Morgan fingerprint density at radius 3 is 1.78 bits per heavy atom. The number of phenols is 1. The monoisotopic (exact) mass is 1060 g/mol. The maximum atomic E-state index is 12.5. The molecule has 0 fully saturated rings. The summed E-state index contributed by atoms with van der Waals surface area (Å²) in [6.45, 7) is 24.3. The summed E-state index contributed by atoms with van der Waals surface area (Å²) in [7, 11) is 0. The van der Waals surface area contributed by atoms with E-state index in [0.717, 1.165) is 83.6 Å². The van der Waals surface area contributed by atoms with Crippen LogP contribution in [0.2, 0.25) is 0 Å². The van der Waals surface area contributed by atoms with Gasteiger partial charge in [0.05, 0.1) is 16.6 Å². The van der Waals surface area contributed by atoms with Crippen molar-refractivity contribution in [2.24, 2.45) is 0 Å². The fourth-order valence-electron chi connectivity index (χ4n) is 9.03. The van der Waals surface area contributed by atoms with E-state index >= 15 is 0 Å². The summed E-state index contributed by atoms with van der Waals surface area (Å²) in [6, 6.07) is 57.8. The van der Waals surface area contributed by atoms with E-state index in [2.05, 4.69) is 238 Å². The third kappa shape index (κ3) is 9.34. The molecular weight excluding hydrogens is 998 g/mol. The van der Waals surface area contributed by atoms with Gasteiger partial charge in [-0.1, -0.05) is 188 Å². The van der Waals surface area contributed by atoms with Crippen LogP contribution >= 0.6 is 0 Å². The number of hydrogen-bond acceptors (Lipinski definition) is 3. The molecule has 0 radical (unpaired) electrons. The summed E-state index contributed by atoms with van der Waals surface area (Å²) in [5.41, 5.74) is 19.0. The second-order valence-electron chi connectivity index (χ2n) is 21.0. The number of pyridine rings is 1. The number of phenolic OH excluding ortho intramolecular Hbond substituents is 1. The number of aryl methyl sites for hydroxylation is 1.